The molecule has 2 saturated heterocycles. The fourth-order valence-electron chi connectivity index (χ4n) is 5.73. The topological polar surface area (TPSA) is 89.5 Å². The van der Waals surface area contributed by atoms with Gasteiger partial charge in [0.2, 0.25) is 11.6 Å². The molecule has 8 heteroatoms. The van der Waals surface area contributed by atoms with Crippen LogP contribution in [0.3, 0.4) is 0 Å². The highest BCUT2D eigenvalue weighted by Crippen LogP contribution is 2.58. The molecule has 5 rings (SSSR count). The van der Waals surface area contributed by atoms with Crippen LogP contribution >= 0.6 is 0 Å². The number of hydrogen-bond donors (Lipinski definition) is 0. The van der Waals surface area contributed by atoms with Crippen molar-refractivity contribution in [3.05, 3.63) is 71.8 Å². The van der Waals surface area contributed by atoms with Crippen LogP contribution < -0.4 is 0 Å². The van der Waals surface area contributed by atoms with Crippen LogP contribution in [0, 0.1) is 11.8 Å². The number of rotatable bonds is 4. The number of methoxy groups -OCH3 is 2. The summed E-state index contributed by atoms with van der Waals surface area (Å²) >= 11 is 0. The van der Waals surface area contributed by atoms with Gasteiger partial charge < -0.3 is 28.4 Å². The number of benzene rings is 2. The van der Waals surface area contributed by atoms with Gasteiger partial charge in [0.1, 0.15) is 25.4 Å². The number of fused-ring (bicyclic) bond motifs is 2. The highest BCUT2D eigenvalue weighted by atomic mass is 16.8. The van der Waals surface area contributed by atoms with E-state index in [4.69, 9.17) is 28.4 Å². The normalized spacial score (nSPS) is 38.6. The van der Waals surface area contributed by atoms with Crippen molar-refractivity contribution in [2.75, 3.05) is 27.4 Å². The molecule has 3 fully saturated rings. The van der Waals surface area contributed by atoms with Crippen LogP contribution in [0.2, 0.25) is 0 Å². The molecule has 36 heavy (non-hydrogen) atoms. The van der Waals surface area contributed by atoms with Crippen LogP contribution in [-0.4, -0.2) is 63.2 Å². The van der Waals surface area contributed by atoms with Gasteiger partial charge in [0.15, 0.2) is 0 Å². The van der Waals surface area contributed by atoms with Crippen LogP contribution in [0.5, 0.6) is 0 Å². The first kappa shape index (κ1) is 24.9. The second-order valence-corrected chi connectivity index (χ2v) is 9.80. The average molecular weight is 497 g/mol. The molecule has 0 N–H and O–H groups in total. The molecule has 8 nitrogen and oxygen atoms in total. The molecule has 0 radical (unpaired) electrons. The summed E-state index contributed by atoms with van der Waals surface area (Å²) in [7, 11) is 2.97. The van der Waals surface area contributed by atoms with Gasteiger partial charge in [-0.05, 0) is 25.0 Å². The predicted octanol–water partition coefficient (Wildman–Crippen LogP) is 3.41. The standard InChI is InChI=1S/C28H32O8/c1-27(31-3)28(2,32-4)36-20-16-34-26(30)24-22(18-13-9-6-10-14-18)21(17-11-7-5-8-12-17)23(24)25(29)33-15-19(20)35-27/h5-14,19-24H,15-16H2,1-4H3/t19-,20-,21+,22+,23-,24-,27+,28+/m0/s1. The van der Waals surface area contributed by atoms with Crippen molar-refractivity contribution in [1.29, 1.82) is 0 Å². The maximum atomic E-state index is 13.5. The van der Waals surface area contributed by atoms with Crippen molar-refractivity contribution >= 4 is 11.9 Å². The zero-order valence-corrected chi connectivity index (χ0v) is 20.9. The van der Waals surface area contributed by atoms with Gasteiger partial charge in [-0.3, -0.25) is 9.59 Å². The Morgan fingerprint density at radius 1 is 0.639 bits per heavy atom. The van der Waals surface area contributed by atoms with Gasteiger partial charge in [-0.1, -0.05) is 60.7 Å². The van der Waals surface area contributed by atoms with Gasteiger partial charge >= 0.3 is 11.9 Å². The SMILES string of the molecule is CO[C@]1(C)O[C@H]2COC(=O)[C@@H]3[C@@H](C(=O)OC[C@@H]2O[C@@]1(C)OC)[C@H](c1ccccc1)[C@H]3c1ccccc1. The van der Waals surface area contributed by atoms with E-state index in [0.29, 0.717) is 0 Å². The second-order valence-electron chi connectivity index (χ2n) is 9.80. The van der Waals surface area contributed by atoms with Crippen molar-refractivity contribution in [2.24, 2.45) is 11.8 Å². The third-order valence-electron chi connectivity index (χ3n) is 8.01. The molecule has 2 aliphatic heterocycles. The molecule has 0 bridgehead atoms. The quantitative estimate of drug-likeness (QED) is 0.595. The van der Waals surface area contributed by atoms with Crippen LogP contribution in [0.15, 0.2) is 60.7 Å². The van der Waals surface area contributed by atoms with Crippen molar-refractivity contribution in [3.8, 4) is 0 Å². The van der Waals surface area contributed by atoms with E-state index in [2.05, 4.69) is 0 Å². The first-order chi connectivity index (χ1) is 17.3. The van der Waals surface area contributed by atoms with E-state index in [1.54, 1.807) is 13.8 Å². The van der Waals surface area contributed by atoms with E-state index in [9.17, 15) is 9.59 Å². The fraction of sp³-hybridized carbons (Fsp3) is 0.500. The number of hydrogen-bond acceptors (Lipinski definition) is 8. The summed E-state index contributed by atoms with van der Waals surface area (Å²) in [5.74, 6) is -5.26. The maximum absolute atomic E-state index is 13.5. The number of cyclic esters (lactones) is 2. The van der Waals surface area contributed by atoms with Gasteiger partial charge in [-0.15, -0.1) is 0 Å². The lowest BCUT2D eigenvalue weighted by Gasteiger charge is -2.53. The monoisotopic (exact) mass is 496 g/mol. The molecule has 0 aromatic heterocycles. The molecule has 2 aromatic carbocycles. The Morgan fingerprint density at radius 2 is 1.00 bits per heavy atom. The van der Waals surface area contributed by atoms with Crippen LogP contribution in [0.25, 0.3) is 0 Å². The highest BCUT2D eigenvalue weighted by Gasteiger charge is 2.61. The molecule has 0 spiro atoms. The van der Waals surface area contributed by atoms with Crippen LogP contribution in [-0.2, 0) is 38.0 Å². The highest BCUT2D eigenvalue weighted by molar-refractivity contribution is 5.87. The molecule has 1 saturated carbocycles. The molecule has 192 valence electrons. The van der Waals surface area contributed by atoms with Gasteiger partial charge in [0, 0.05) is 26.1 Å². The molecule has 0 amide bonds. The number of carbonyl (C=O) groups is 2. The van der Waals surface area contributed by atoms with Gasteiger partial charge in [-0.25, -0.2) is 0 Å². The molecule has 1 aliphatic carbocycles. The zero-order valence-electron chi connectivity index (χ0n) is 20.9. The van der Waals surface area contributed by atoms with E-state index < -0.39 is 47.6 Å². The summed E-state index contributed by atoms with van der Waals surface area (Å²) in [6.45, 7) is 3.25. The molecule has 2 aromatic rings. The third kappa shape index (κ3) is 4.02. The maximum Gasteiger partial charge on any atom is 0.310 e. The summed E-state index contributed by atoms with van der Waals surface area (Å²) in [6.07, 6.45) is -1.43. The van der Waals surface area contributed by atoms with Gasteiger partial charge in [0.05, 0.1) is 11.8 Å². The van der Waals surface area contributed by atoms with E-state index in [-0.39, 0.29) is 25.0 Å². The van der Waals surface area contributed by atoms with E-state index in [1.165, 1.54) is 14.2 Å². The Bertz CT molecular complexity index is 1000. The Morgan fingerprint density at radius 3 is 1.33 bits per heavy atom. The lowest BCUT2D eigenvalue weighted by Crippen LogP contribution is -2.67. The minimum Gasteiger partial charge on any atom is -0.463 e. The Labute approximate surface area is 210 Å². The van der Waals surface area contributed by atoms with Crippen LogP contribution in [0.1, 0.15) is 36.8 Å². The Hall–Kier alpha value is -2.78. The largest absolute Gasteiger partial charge is 0.463 e. The zero-order chi connectivity index (χ0) is 25.5. The van der Waals surface area contributed by atoms with Crippen molar-refractivity contribution in [1.82, 2.24) is 0 Å². The van der Waals surface area contributed by atoms with Crippen molar-refractivity contribution in [2.45, 2.75) is 49.5 Å². The smallest absolute Gasteiger partial charge is 0.310 e. The number of carbonyl (C=O) groups excluding carboxylic acids is 2. The van der Waals surface area contributed by atoms with E-state index in [0.717, 1.165) is 11.1 Å². The molecule has 0 unspecified atom stereocenters. The summed E-state index contributed by atoms with van der Waals surface area (Å²) in [4.78, 5) is 27.0. The number of ether oxygens (including phenoxy) is 6. The third-order valence-corrected chi connectivity index (χ3v) is 8.01. The summed E-state index contributed by atoms with van der Waals surface area (Å²) in [5, 5.41) is 0. The first-order valence-corrected chi connectivity index (χ1v) is 12.2. The van der Waals surface area contributed by atoms with E-state index in [1.807, 2.05) is 60.7 Å². The van der Waals surface area contributed by atoms with Crippen LogP contribution in [0.4, 0.5) is 0 Å². The molecule has 3 aliphatic rings. The van der Waals surface area contributed by atoms with Gasteiger partial charge in [-0.2, -0.15) is 0 Å². The van der Waals surface area contributed by atoms with Crippen molar-refractivity contribution < 1.29 is 38.0 Å². The Kier molecular flexibility index (Phi) is 6.63. The molecular formula is C28H32O8. The number of esters is 2. The summed E-state index contributed by atoms with van der Waals surface area (Å²) in [5.41, 5.74) is 1.96. The first-order valence-electron chi connectivity index (χ1n) is 12.2. The average Bonchev–Trinajstić information content (AvgIpc) is 2.88. The van der Waals surface area contributed by atoms with E-state index >= 15 is 0 Å². The lowest BCUT2D eigenvalue weighted by atomic mass is 9.52. The molecule has 8 atom stereocenters. The summed E-state index contributed by atoms with van der Waals surface area (Å²) < 4.78 is 35.1. The predicted molar refractivity (Wildman–Crippen MR) is 128 cm³/mol. The second kappa shape index (κ2) is 9.59. The minimum absolute atomic E-state index is 0.0689. The van der Waals surface area contributed by atoms with Gasteiger partial charge in [0.25, 0.3) is 0 Å². The molecular weight excluding hydrogens is 464 g/mol. The lowest BCUT2D eigenvalue weighted by molar-refractivity contribution is -0.451. The Balaban J connectivity index is 1.48. The van der Waals surface area contributed by atoms with Crippen molar-refractivity contribution in [3.63, 3.8) is 0 Å². The fourth-order valence-corrected chi connectivity index (χ4v) is 5.73. The minimum atomic E-state index is -1.27. The summed E-state index contributed by atoms with van der Waals surface area (Å²) in [6, 6.07) is 19.5. The molecule has 2 heterocycles.